The molecule has 4 heteroatoms. The summed E-state index contributed by atoms with van der Waals surface area (Å²) in [5.74, 6) is -1.25. The maximum atomic E-state index is 13.3. The Labute approximate surface area is 91.4 Å². The highest BCUT2D eigenvalue weighted by Gasteiger charge is 2.03. The molecule has 1 N–H and O–H groups in total. The Morgan fingerprint density at radius 2 is 2.25 bits per heavy atom. The largest absolute Gasteiger partial charge is 0.478 e. The number of carboxylic acids is 1. The molecule has 1 aromatic carbocycles. The highest BCUT2D eigenvalue weighted by atomic mass is 19.1. The number of hydrogen-bond acceptors (Lipinski definition) is 1. The molecular formula is C12H10FNO2. The minimum atomic E-state index is -0.984. The van der Waals surface area contributed by atoms with E-state index < -0.39 is 5.97 Å². The smallest absolute Gasteiger partial charge is 0.328 e. The number of nitrogens with zero attached hydrogens (tertiary/aromatic N) is 1. The molecule has 0 bridgehead atoms. The van der Waals surface area contributed by atoms with Gasteiger partial charge in [-0.15, -0.1) is 0 Å². The summed E-state index contributed by atoms with van der Waals surface area (Å²) in [5.41, 5.74) is 0.759. The van der Waals surface area contributed by atoms with E-state index in [0.717, 1.165) is 11.6 Å². The van der Waals surface area contributed by atoms with E-state index in [-0.39, 0.29) is 5.82 Å². The summed E-state index contributed by atoms with van der Waals surface area (Å²) in [6.07, 6.45) is 4.33. The van der Waals surface area contributed by atoms with Crippen molar-refractivity contribution in [3.05, 3.63) is 48.4 Å². The fraction of sp³-hybridized carbons (Fsp3) is 0.0833. The average Bonchev–Trinajstić information content (AvgIpc) is 2.63. The maximum Gasteiger partial charge on any atom is 0.328 e. The fourth-order valence-electron chi connectivity index (χ4n) is 1.61. The first-order valence-electron chi connectivity index (χ1n) is 4.81. The quantitative estimate of drug-likeness (QED) is 0.805. The van der Waals surface area contributed by atoms with Crippen molar-refractivity contribution < 1.29 is 14.3 Å². The molecule has 1 aromatic heterocycles. The molecule has 16 heavy (non-hydrogen) atoms. The van der Waals surface area contributed by atoms with E-state index in [2.05, 4.69) is 0 Å². The van der Waals surface area contributed by atoms with Gasteiger partial charge in [-0.1, -0.05) is 12.1 Å². The predicted molar refractivity (Wildman–Crippen MR) is 58.7 cm³/mol. The Morgan fingerprint density at radius 3 is 3.00 bits per heavy atom. The second kappa shape index (κ2) is 4.18. The number of benzene rings is 1. The molecule has 1 heterocycles. The van der Waals surface area contributed by atoms with Gasteiger partial charge in [0.05, 0.1) is 5.52 Å². The van der Waals surface area contributed by atoms with Crippen LogP contribution in [0.4, 0.5) is 4.39 Å². The summed E-state index contributed by atoms with van der Waals surface area (Å²) in [7, 11) is 0. The van der Waals surface area contributed by atoms with Gasteiger partial charge in [-0.05, 0) is 18.2 Å². The van der Waals surface area contributed by atoms with Crippen LogP contribution in [0.5, 0.6) is 0 Å². The van der Waals surface area contributed by atoms with Crippen LogP contribution in [0.25, 0.3) is 10.9 Å². The van der Waals surface area contributed by atoms with Crippen molar-refractivity contribution in [1.29, 1.82) is 0 Å². The summed E-state index contributed by atoms with van der Waals surface area (Å²) < 4.78 is 15.1. The second-order valence-electron chi connectivity index (χ2n) is 3.38. The minimum absolute atomic E-state index is 0.265. The molecule has 2 rings (SSSR count). The van der Waals surface area contributed by atoms with Gasteiger partial charge in [-0.25, -0.2) is 9.18 Å². The van der Waals surface area contributed by atoms with E-state index in [4.69, 9.17) is 5.11 Å². The first kappa shape index (κ1) is 10.4. The van der Waals surface area contributed by atoms with Crippen LogP contribution >= 0.6 is 0 Å². The summed E-state index contributed by atoms with van der Waals surface area (Å²) in [6, 6.07) is 6.52. The van der Waals surface area contributed by atoms with Crippen LogP contribution in [-0.2, 0) is 11.3 Å². The lowest BCUT2D eigenvalue weighted by Gasteiger charge is -2.00. The monoisotopic (exact) mass is 219 g/mol. The second-order valence-corrected chi connectivity index (χ2v) is 3.38. The lowest BCUT2D eigenvalue weighted by Crippen LogP contribution is -1.94. The van der Waals surface area contributed by atoms with E-state index in [1.165, 1.54) is 12.1 Å². The number of aliphatic carboxylic acids is 1. The molecule has 0 spiro atoms. The van der Waals surface area contributed by atoms with Crippen molar-refractivity contribution >= 4 is 16.9 Å². The van der Waals surface area contributed by atoms with Crippen molar-refractivity contribution in [3.63, 3.8) is 0 Å². The molecule has 0 saturated heterocycles. The third kappa shape index (κ3) is 1.95. The van der Waals surface area contributed by atoms with Crippen molar-refractivity contribution in [2.24, 2.45) is 0 Å². The van der Waals surface area contributed by atoms with Crippen LogP contribution in [0.3, 0.4) is 0 Å². The van der Waals surface area contributed by atoms with Gasteiger partial charge in [0, 0.05) is 24.2 Å². The summed E-state index contributed by atoms with van der Waals surface area (Å²) in [5, 5.41) is 8.99. The van der Waals surface area contributed by atoms with E-state index in [9.17, 15) is 9.18 Å². The minimum Gasteiger partial charge on any atom is -0.478 e. The zero-order valence-electron chi connectivity index (χ0n) is 8.43. The van der Waals surface area contributed by atoms with Crippen molar-refractivity contribution in [1.82, 2.24) is 4.57 Å². The average molecular weight is 219 g/mol. The van der Waals surface area contributed by atoms with Crippen LogP contribution in [0.1, 0.15) is 0 Å². The number of hydrogen-bond donors (Lipinski definition) is 1. The maximum absolute atomic E-state index is 13.3. The van der Waals surface area contributed by atoms with Crippen molar-refractivity contribution in [2.45, 2.75) is 6.54 Å². The Morgan fingerprint density at radius 1 is 1.44 bits per heavy atom. The lowest BCUT2D eigenvalue weighted by molar-refractivity contribution is -0.131. The van der Waals surface area contributed by atoms with Crippen LogP contribution in [0.2, 0.25) is 0 Å². The number of carboxylic acid groups (broad SMARTS) is 1. The SMILES string of the molecule is O=C(O)/C=C/Cn1ccc2c(F)cccc21. The molecule has 0 aliphatic heterocycles. The molecule has 0 fully saturated rings. The molecule has 0 aliphatic rings. The molecule has 0 amide bonds. The number of halogens is 1. The van der Waals surface area contributed by atoms with Gasteiger partial charge in [0.2, 0.25) is 0 Å². The van der Waals surface area contributed by atoms with Crippen LogP contribution in [0, 0.1) is 5.82 Å². The third-order valence-electron chi connectivity index (χ3n) is 2.32. The Balaban J connectivity index is 2.32. The Hall–Kier alpha value is -2.10. The van der Waals surface area contributed by atoms with E-state index in [1.54, 1.807) is 29.0 Å². The normalized spacial score (nSPS) is 11.3. The number of allylic oxidation sites excluding steroid dienone is 1. The summed E-state index contributed by atoms with van der Waals surface area (Å²) in [4.78, 5) is 10.3. The Kier molecular flexibility index (Phi) is 2.72. The summed E-state index contributed by atoms with van der Waals surface area (Å²) in [6.45, 7) is 0.416. The number of fused-ring (bicyclic) bond motifs is 1. The zero-order chi connectivity index (χ0) is 11.5. The molecule has 82 valence electrons. The van der Waals surface area contributed by atoms with Gasteiger partial charge in [-0.2, -0.15) is 0 Å². The zero-order valence-corrected chi connectivity index (χ0v) is 8.43. The van der Waals surface area contributed by atoms with Crippen molar-refractivity contribution in [2.75, 3.05) is 0 Å². The highest BCUT2D eigenvalue weighted by Crippen LogP contribution is 2.18. The predicted octanol–water partition coefficient (Wildman–Crippen LogP) is 2.42. The first-order valence-corrected chi connectivity index (χ1v) is 4.81. The van der Waals surface area contributed by atoms with Gasteiger partial charge in [0.25, 0.3) is 0 Å². The van der Waals surface area contributed by atoms with E-state index >= 15 is 0 Å². The summed E-state index contributed by atoms with van der Waals surface area (Å²) >= 11 is 0. The first-order chi connectivity index (χ1) is 7.68. The molecule has 0 radical (unpaired) electrons. The van der Waals surface area contributed by atoms with Crippen LogP contribution in [0.15, 0.2) is 42.6 Å². The lowest BCUT2D eigenvalue weighted by atomic mass is 10.2. The number of carbonyl (C=O) groups is 1. The Bertz CT molecular complexity index is 557. The van der Waals surface area contributed by atoms with Crippen molar-refractivity contribution in [3.8, 4) is 0 Å². The van der Waals surface area contributed by atoms with Crippen LogP contribution in [-0.4, -0.2) is 15.6 Å². The molecule has 3 nitrogen and oxygen atoms in total. The van der Waals surface area contributed by atoms with Gasteiger partial charge in [0.15, 0.2) is 0 Å². The van der Waals surface area contributed by atoms with E-state index in [0.29, 0.717) is 11.9 Å². The van der Waals surface area contributed by atoms with Gasteiger partial charge >= 0.3 is 5.97 Å². The van der Waals surface area contributed by atoms with Gasteiger partial charge in [-0.3, -0.25) is 0 Å². The van der Waals surface area contributed by atoms with Crippen LogP contribution < -0.4 is 0 Å². The van der Waals surface area contributed by atoms with Gasteiger partial charge < -0.3 is 9.67 Å². The highest BCUT2D eigenvalue weighted by molar-refractivity contribution is 5.81. The molecule has 2 aromatic rings. The molecule has 0 atom stereocenters. The third-order valence-corrected chi connectivity index (χ3v) is 2.32. The standard InChI is InChI=1S/C12H10FNO2/c13-10-3-1-4-11-9(10)6-8-14(11)7-2-5-12(15)16/h1-6,8H,7H2,(H,15,16)/b5-2+. The molecular weight excluding hydrogens is 209 g/mol. The molecule has 0 unspecified atom stereocenters. The topological polar surface area (TPSA) is 42.2 Å². The number of rotatable bonds is 3. The fourth-order valence-corrected chi connectivity index (χ4v) is 1.61. The number of aromatic nitrogens is 1. The van der Waals surface area contributed by atoms with E-state index in [1.807, 2.05) is 0 Å². The van der Waals surface area contributed by atoms with Gasteiger partial charge in [0.1, 0.15) is 5.82 Å². The molecule has 0 aliphatic carbocycles. The molecule has 0 saturated carbocycles.